The van der Waals surface area contributed by atoms with Crippen molar-refractivity contribution in [1.29, 1.82) is 0 Å². The summed E-state index contributed by atoms with van der Waals surface area (Å²) < 4.78 is 7.75. The number of fused-ring (bicyclic) bond motifs is 1. The highest BCUT2D eigenvalue weighted by atomic mass is 16.5. The van der Waals surface area contributed by atoms with Gasteiger partial charge in [0.1, 0.15) is 29.7 Å². The molecule has 7 nitrogen and oxygen atoms in total. The summed E-state index contributed by atoms with van der Waals surface area (Å²) in [7, 11) is 0. The number of benzene rings is 2. The standard InChI is InChI=1S/C22H23N5O2/c23-22-21-20(25-15-26-22)19(14-27(21)17-4-2-1-3-5-17)16-6-8-18(9-7-16)29-13-11-24-10-12-28/h1-9,14-15,24,28H,10-13H2,(H2,23,25,26). The van der Waals surface area contributed by atoms with E-state index in [0.29, 0.717) is 25.5 Å². The monoisotopic (exact) mass is 389 g/mol. The zero-order valence-corrected chi connectivity index (χ0v) is 16.0. The number of hydrogen-bond donors (Lipinski definition) is 3. The Morgan fingerprint density at radius 2 is 1.79 bits per heavy atom. The van der Waals surface area contributed by atoms with Crippen LogP contribution in [-0.4, -0.2) is 45.9 Å². The van der Waals surface area contributed by atoms with Gasteiger partial charge in [-0.15, -0.1) is 0 Å². The summed E-state index contributed by atoms with van der Waals surface area (Å²) in [6, 6.07) is 17.9. The van der Waals surface area contributed by atoms with Gasteiger partial charge in [0.25, 0.3) is 0 Å². The molecule has 0 amide bonds. The maximum Gasteiger partial charge on any atom is 0.151 e. The second-order valence-electron chi connectivity index (χ2n) is 6.55. The van der Waals surface area contributed by atoms with Crippen molar-refractivity contribution in [2.75, 3.05) is 32.0 Å². The number of aliphatic hydroxyl groups excluding tert-OH is 1. The number of aromatic nitrogens is 3. The predicted octanol–water partition coefficient (Wildman–Crippen LogP) is 2.63. The van der Waals surface area contributed by atoms with Gasteiger partial charge in [-0.2, -0.15) is 0 Å². The Morgan fingerprint density at radius 3 is 2.55 bits per heavy atom. The molecule has 0 saturated heterocycles. The summed E-state index contributed by atoms with van der Waals surface area (Å²) in [6.45, 7) is 1.91. The van der Waals surface area contributed by atoms with Gasteiger partial charge in [-0.25, -0.2) is 9.97 Å². The van der Waals surface area contributed by atoms with Crippen LogP contribution in [0.5, 0.6) is 5.75 Å². The van der Waals surface area contributed by atoms with E-state index in [1.165, 1.54) is 6.33 Å². The number of aliphatic hydroxyl groups is 1. The molecule has 148 valence electrons. The molecule has 29 heavy (non-hydrogen) atoms. The van der Waals surface area contributed by atoms with E-state index in [1.807, 2.05) is 65.4 Å². The minimum absolute atomic E-state index is 0.124. The molecule has 0 atom stereocenters. The van der Waals surface area contributed by atoms with E-state index in [1.54, 1.807) is 0 Å². The molecule has 4 rings (SSSR count). The molecule has 0 saturated carbocycles. The second kappa shape index (κ2) is 8.72. The van der Waals surface area contributed by atoms with Crippen LogP contribution < -0.4 is 15.8 Å². The molecule has 0 aliphatic carbocycles. The summed E-state index contributed by atoms with van der Waals surface area (Å²) in [5.41, 5.74) is 10.8. The summed E-state index contributed by atoms with van der Waals surface area (Å²) in [6.07, 6.45) is 3.53. The van der Waals surface area contributed by atoms with Crippen LogP contribution in [0, 0.1) is 0 Å². The highest BCUT2D eigenvalue weighted by Crippen LogP contribution is 2.33. The number of rotatable bonds is 8. The molecule has 2 aromatic carbocycles. The van der Waals surface area contributed by atoms with Crippen molar-refractivity contribution in [1.82, 2.24) is 19.9 Å². The third-order valence-corrected chi connectivity index (χ3v) is 4.64. The largest absolute Gasteiger partial charge is 0.492 e. The predicted molar refractivity (Wildman–Crippen MR) is 114 cm³/mol. The Bertz CT molecular complexity index is 1080. The fourth-order valence-corrected chi connectivity index (χ4v) is 3.26. The van der Waals surface area contributed by atoms with Crippen LogP contribution in [0.25, 0.3) is 27.8 Å². The number of nitrogens with zero attached hydrogens (tertiary/aromatic N) is 3. The third-order valence-electron chi connectivity index (χ3n) is 4.64. The van der Waals surface area contributed by atoms with Crippen molar-refractivity contribution >= 4 is 16.9 Å². The molecule has 2 aromatic heterocycles. The van der Waals surface area contributed by atoms with Crippen molar-refractivity contribution in [3.63, 3.8) is 0 Å². The summed E-state index contributed by atoms with van der Waals surface area (Å²) in [5.74, 6) is 1.24. The molecule has 0 aliphatic rings. The van der Waals surface area contributed by atoms with Crippen LogP contribution in [0.3, 0.4) is 0 Å². The third kappa shape index (κ3) is 4.06. The van der Waals surface area contributed by atoms with E-state index in [9.17, 15) is 0 Å². The van der Waals surface area contributed by atoms with Crippen LogP contribution in [0.15, 0.2) is 67.1 Å². The van der Waals surface area contributed by atoms with Crippen LogP contribution >= 0.6 is 0 Å². The molecule has 4 aromatic rings. The highest BCUT2D eigenvalue weighted by Gasteiger charge is 2.15. The number of hydrogen-bond acceptors (Lipinski definition) is 6. The first-order chi connectivity index (χ1) is 14.3. The second-order valence-corrected chi connectivity index (χ2v) is 6.55. The molecule has 0 aliphatic heterocycles. The van der Waals surface area contributed by atoms with Crippen LogP contribution in [0.1, 0.15) is 0 Å². The number of para-hydroxylation sites is 1. The zero-order chi connectivity index (χ0) is 20.1. The molecule has 0 fully saturated rings. The van der Waals surface area contributed by atoms with E-state index < -0.39 is 0 Å². The number of anilines is 1. The van der Waals surface area contributed by atoms with E-state index in [0.717, 1.165) is 33.6 Å². The lowest BCUT2D eigenvalue weighted by molar-refractivity contribution is 0.276. The Hall–Kier alpha value is -3.42. The SMILES string of the molecule is Nc1ncnc2c(-c3ccc(OCCNCCO)cc3)cn(-c3ccccc3)c12. The minimum atomic E-state index is 0.124. The van der Waals surface area contributed by atoms with Gasteiger partial charge in [0.05, 0.1) is 6.61 Å². The van der Waals surface area contributed by atoms with Gasteiger partial charge in [0.2, 0.25) is 0 Å². The quantitative estimate of drug-likeness (QED) is 0.401. The first kappa shape index (κ1) is 18.9. The van der Waals surface area contributed by atoms with Crippen LogP contribution in [0.2, 0.25) is 0 Å². The van der Waals surface area contributed by atoms with Crippen LogP contribution in [-0.2, 0) is 0 Å². The van der Waals surface area contributed by atoms with E-state index >= 15 is 0 Å². The normalized spacial score (nSPS) is 11.1. The Labute approximate surface area is 168 Å². The number of ether oxygens (including phenoxy) is 1. The molecule has 0 spiro atoms. The first-order valence-electron chi connectivity index (χ1n) is 9.49. The molecular formula is C22H23N5O2. The molecule has 0 unspecified atom stereocenters. The number of nitrogen functional groups attached to an aromatic ring is 1. The Balaban J connectivity index is 1.64. The fraction of sp³-hybridized carbons (Fsp3) is 0.182. The van der Waals surface area contributed by atoms with Crippen LogP contribution in [0.4, 0.5) is 5.82 Å². The molecule has 0 radical (unpaired) electrons. The summed E-state index contributed by atoms with van der Waals surface area (Å²) in [4.78, 5) is 8.67. The average molecular weight is 389 g/mol. The molecule has 2 heterocycles. The number of nitrogens with one attached hydrogen (secondary N) is 1. The molecule has 0 bridgehead atoms. The first-order valence-corrected chi connectivity index (χ1v) is 9.49. The summed E-state index contributed by atoms with van der Waals surface area (Å²) in [5, 5.41) is 11.8. The molecular weight excluding hydrogens is 366 g/mol. The van der Waals surface area contributed by atoms with E-state index in [4.69, 9.17) is 15.6 Å². The minimum Gasteiger partial charge on any atom is -0.492 e. The van der Waals surface area contributed by atoms with E-state index in [2.05, 4.69) is 15.3 Å². The van der Waals surface area contributed by atoms with Crippen molar-refractivity contribution in [2.24, 2.45) is 0 Å². The van der Waals surface area contributed by atoms with Gasteiger partial charge in [0, 0.05) is 30.5 Å². The number of nitrogens with two attached hydrogens (primary N) is 1. The lowest BCUT2D eigenvalue weighted by Gasteiger charge is -2.07. The summed E-state index contributed by atoms with van der Waals surface area (Å²) >= 11 is 0. The smallest absolute Gasteiger partial charge is 0.151 e. The van der Waals surface area contributed by atoms with Gasteiger partial charge in [-0.05, 0) is 29.8 Å². The van der Waals surface area contributed by atoms with Gasteiger partial charge >= 0.3 is 0 Å². The van der Waals surface area contributed by atoms with Crippen molar-refractivity contribution < 1.29 is 9.84 Å². The lowest BCUT2D eigenvalue weighted by atomic mass is 10.1. The zero-order valence-electron chi connectivity index (χ0n) is 16.0. The van der Waals surface area contributed by atoms with Crippen molar-refractivity contribution in [3.8, 4) is 22.6 Å². The highest BCUT2D eigenvalue weighted by molar-refractivity contribution is 5.98. The molecule has 4 N–H and O–H groups in total. The lowest BCUT2D eigenvalue weighted by Crippen LogP contribution is -2.23. The maximum absolute atomic E-state index is 8.77. The molecule has 7 heteroatoms. The maximum atomic E-state index is 8.77. The van der Waals surface area contributed by atoms with Gasteiger partial charge in [0.15, 0.2) is 5.82 Å². The van der Waals surface area contributed by atoms with Gasteiger partial charge in [-0.3, -0.25) is 0 Å². The van der Waals surface area contributed by atoms with Crippen molar-refractivity contribution in [2.45, 2.75) is 0 Å². The Morgan fingerprint density at radius 1 is 1.00 bits per heavy atom. The average Bonchev–Trinajstić information content (AvgIpc) is 3.16. The fourth-order valence-electron chi connectivity index (χ4n) is 3.26. The topological polar surface area (TPSA) is 98.2 Å². The Kier molecular flexibility index (Phi) is 5.69. The van der Waals surface area contributed by atoms with Gasteiger partial charge < -0.3 is 25.5 Å². The van der Waals surface area contributed by atoms with E-state index in [-0.39, 0.29) is 6.61 Å². The van der Waals surface area contributed by atoms with Gasteiger partial charge in [-0.1, -0.05) is 30.3 Å². The van der Waals surface area contributed by atoms with Crippen molar-refractivity contribution in [3.05, 3.63) is 67.1 Å².